The zero-order chi connectivity index (χ0) is 17.1. The smallest absolute Gasteiger partial charge is 0.132 e. The SMILES string of the molecule is C=Cc1cc(C(=N)/C=C/c2ccc3ccccc3c2)c(N)cc1F. The van der Waals surface area contributed by atoms with Crippen molar-refractivity contribution in [3.63, 3.8) is 0 Å². The van der Waals surface area contributed by atoms with Gasteiger partial charge in [-0.2, -0.15) is 0 Å². The number of allylic oxidation sites excluding steroid dienone is 1. The molecule has 3 aromatic carbocycles. The molecule has 3 N–H and O–H groups in total. The molecule has 0 unspecified atom stereocenters. The predicted molar refractivity (Wildman–Crippen MR) is 101 cm³/mol. The van der Waals surface area contributed by atoms with Crippen LogP contribution in [0.25, 0.3) is 22.9 Å². The lowest BCUT2D eigenvalue weighted by Gasteiger charge is -2.07. The summed E-state index contributed by atoms with van der Waals surface area (Å²) in [6.07, 6.45) is 4.93. The Bertz CT molecular complexity index is 971. The molecule has 3 aromatic rings. The second kappa shape index (κ2) is 6.50. The van der Waals surface area contributed by atoms with Crippen LogP contribution in [0.1, 0.15) is 16.7 Å². The Kier molecular flexibility index (Phi) is 4.25. The Hall–Kier alpha value is -3.20. The van der Waals surface area contributed by atoms with Crippen LogP contribution in [-0.2, 0) is 0 Å². The first-order valence-electron chi connectivity index (χ1n) is 7.56. The summed E-state index contributed by atoms with van der Waals surface area (Å²) in [7, 11) is 0. The normalized spacial score (nSPS) is 11.0. The van der Waals surface area contributed by atoms with Gasteiger partial charge in [0.2, 0.25) is 0 Å². The molecule has 0 spiro atoms. The molecule has 0 atom stereocenters. The first-order chi connectivity index (χ1) is 11.6. The number of nitrogens with one attached hydrogen (secondary N) is 1. The van der Waals surface area contributed by atoms with Crippen molar-refractivity contribution in [1.82, 2.24) is 0 Å². The van der Waals surface area contributed by atoms with Crippen LogP contribution in [0.4, 0.5) is 10.1 Å². The number of halogens is 1. The number of rotatable bonds is 4. The first-order valence-corrected chi connectivity index (χ1v) is 7.56. The highest BCUT2D eigenvalue weighted by Crippen LogP contribution is 2.21. The minimum absolute atomic E-state index is 0.226. The highest BCUT2D eigenvalue weighted by atomic mass is 19.1. The highest BCUT2D eigenvalue weighted by molar-refractivity contribution is 6.12. The molecule has 24 heavy (non-hydrogen) atoms. The molecular weight excluding hydrogens is 299 g/mol. The fraction of sp³-hybridized carbons (Fsp3) is 0. The van der Waals surface area contributed by atoms with E-state index in [1.54, 1.807) is 12.1 Å². The summed E-state index contributed by atoms with van der Waals surface area (Å²) < 4.78 is 13.7. The van der Waals surface area contributed by atoms with E-state index in [1.807, 2.05) is 36.4 Å². The number of fused-ring (bicyclic) bond motifs is 1. The van der Waals surface area contributed by atoms with Gasteiger partial charge in [-0.15, -0.1) is 0 Å². The van der Waals surface area contributed by atoms with Gasteiger partial charge in [-0.1, -0.05) is 55.1 Å². The van der Waals surface area contributed by atoms with E-state index in [1.165, 1.54) is 17.5 Å². The summed E-state index contributed by atoms with van der Waals surface area (Å²) in [5, 5.41) is 10.5. The number of nitrogens with two attached hydrogens (primary N) is 1. The van der Waals surface area contributed by atoms with Gasteiger partial charge in [0.25, 0.3) is 0 Å². The van der Waals surface area contributed by atoms with Gasteiger partial charge >= 0.3 is 0 Å². The molecule has 0 heterocycles. The van der Waals surface area contributed by atoms with Crippen molar-refractivity contribution in [1.29, 1.82) is 5.41 Å². The molecule has 3 heteroatoms. The van der Waals surface area contributed by atoms with Crippen molar-refractivity contribution < 1.29 is 4.39 Å². The van der Waals surface area contributed by atoms with E-state index in [9.17, 15) is 4.39 Å². The third-order valence-electron chi connectivity index (χ3n) is 3.89. The number of hydrogen-bond donors (Lipinski definition) is 2. The second-order valence-electron chi connectivity index (χ2n) is 5.52. The van der Waals surface area contributed by atoms with Crippen LogP contribution in [0, 0.1) is 11.2 Å². The Balaban J connectivity index is 1.90. The maximum absolute atomic E-state index is 13.7. The van der Waals surface area contributed by atoms with Crippen molar-refractivity contribution >= 4 is 34.3 Å². The largest absolute Gasteiger partial charge is 0.398 e. The van der Waals surface area contributed by atoms with Gasteiger partial charge in [0.1, 0.15) is 5.82 Å². The van der Waals surface area contributed by atoms with Crippen LogP contribution >= 0.6 is 0 Å². The number of benzene rings is 3. The van der Waals surface area contributed by atoms with Gasteiger partial charge in [-0.3, -0.25) is 0 Å². The first kappa shape index (κ1) is 15.7. The van der Waals surface area contributed by atoms with Crippen LogP contribution in [0.3, 0.4) is 0 Å². The lowest BCUT2D eigenvalue weighted by Crippen LogP contribution is -2.03. The Morgan fingerprint density at radius 3 is 2.54 bits per heavy atom. The van der Waals surface area contributed by atoms with Gasteiger partial charge in [0.05, 0.1) is 5.71 Å². The third-order valence-corrected chi connectivity index (χ3v) is 3.89. The number of nitrogen functional groups attached to an aromatic ring is 1. The van der Waals surface area contributed by atoms with Crippen molar-refractivity contribution in [2.24, 2.45) is 0 Å². The van der Waals surface area contributed by atoms with Crippen LogP contribution in [0.2, 0.25) is 0 Å². The van der Waals surface area contributed by atoms with E-state index < -0.39 is 5.82 Å². The standard InChI is InChI=1S/C21H17FN2/c1-2-15-12-18(21(24)13-19(15)22)20(23)10-8-14-7-9-16-5-3-4-6-17(16)11-14/h2-13,23H,1,24H2/b10-8+,23-20?. The van der Waals surface area contributed by atoms with E-state index in [-0.39, 0.29) is 11.4 Å². The van der Waals surface area contributed by atoms with Gasteiger partial charge in [-0.25, -0.2) is 4.39 Å². The average Bonchev–Trinajstić information content (AvgIpc) is 2.59. The van der Waals surface area contributed by atoms with E-state index in [4.69, 9.17) is 11.1 Å². The van der Waals surface area contributed by atoms with Crippen molar-refractivity contribution in [2.45, 2.75) is 0 Å². The van der Waals surface area contributed by atoms with Gasteiger partial charge < -0.3 is 11.1 Å². The molecule has 0 aliphatic heterocycles. The zero-order valence-corrected chi connectivity index (χ0v) is 13.1. The highest BCUT2D eigenvalue weighted by Gasteiger charge is 2.08. The molecule has 0 aliphatic carbocycles. The van der Waals surface area contributed by atoms with Crippen LogP contribution < -0.4 is 5.73 Å². The summed E-state index contributed by atoms with van der Waals surface area (Å²) in [5.41, 5.74) is 8.12. The molecule has 0 saturated carbocycles. The minimum atomic E-state index is -0.433. The molecule has 0 saturated heterocycles. The molecule has 2 nitrogen and oxygen atoms in total. The van der Waals surface area contributed by atoms with E-state index in [0.29, 0.717) is 11.1 Å². The lowest BCUT2D eigenvalue weighted by atomic mass is 10.0. The molecular formula is C21H17FN2. The van der Waals surface area contributed by atoms with Gasteiger partial charge in [0, 0.05) is 16.8 Å². The number of hydrogen-bond acceptors (Lipinski definition) is 2. The summed E-state index contributed by atoms with van der Waals surface area (Å²) in [6, 6.07) is 17.0. The Labute approximate surface area is 140 Å². The van der Waals surface area contributed by atoms with E-state index in [2.05, 4.69) is 18.7 Å². The zero-order valence-electron chi connectivity index (χ0n) is 13.1. The van der Waals surface area contributed by atoms with E-state index in [0.717, 1.165) is 10.9 Å². The van der Waals surface area contributed by atoms with Crippen LogP contribution in [-0.4, -0.2) is 5.71 Å². The molecule has 0 aliphatic rings. The fourth-order valence-corrected chi connectivity index (χ4v) is 2.58. The molecule has 0 fully saturated rings. The molecule has 0 aromatic heterocycles. The summed E-state index contributed by atoms with van der Waals surface area (Å²) in [5.74, 6) is -0.433. The quantitative estimate of drug-likeness (QED) is 0.499. The van der Waals surface area contributed by atoms with Crippen molar-refractivity contribution in [3.05, 3.63) is 89.8 Å². The maximum atomic E-state index is 13.7. The second-order valence-corrected chi connectivity index (χ2v) is 5.52. The van der Waals surface area contributed by atoms with Gasteiger partial charge in [0.15, 0.2) is 0 Å². The molecule has 0 amide bonds. The summed E-state index contributed by atoms with van der Waals surface area (Å²) >= 11 is 0. The van der Waals surface area contributed by atoms with Crippen molar-refractivity contribution in [2.75, 3.05) is 5.73 Å². The number of anilines is 1. The van der Waals surface area contributed by atoms with Gasteiger partial charge in [-0.05, 0) is 40.6 Å². The molecule has 118 valence electrons. The Morgan fingerprint density at radius 2 is 1.79 bits per heavy atom. The topological polar surface area (TPSA) is 49.9 Å². The lowest BCUT2D eigenvalue weighted by molar-refractivity contribution is 0.625. The monoisotopic (exact) mass is 316 g/mol. The predicted octanol–water partition coefficient (Wildman–Crippen LogP) is 5.29. The minimum Gasteiger partial charge on any atom is -0.398 e. The Morgan fingerprint density at radius 1 is 1.04 bits per heavy atom. The average molecular weight is 316 g/mol. The molecule has 0 bridgehead atoms. The summed E-state index contributed by atoms with van der Waals surface area (Å²) in [6.45, 7) is 3.58. The van der Waals surface area contributed by atoms with Crippen molar-refractivity contribution in [3.8, 4) is 0 Å². The van der Waals surface area contributed by atoms with E-state index >= 15 is 0 Å². The molecule has 0 radical (unpaired) electrons. The van der Waals surface area contributed by atoms with Crippen LogP contribution in [0.15, 0.2) is 67.3 Å². The maximum Gasteiger partial charge on any atom is 0.132 e. The van der Waals surface area contributed by atoms with Crippen LogP contribution in [0.5, 0.6) is 0 Å². The summed E-state index contributed by atoms with van der Waals surface area (Å²) in [4.78, 5) is 0. The molecule has 3 rings (SSSR count). The third kappa shape index (κ3) is 3.10. The fourth-order valence-electron chi connectivity index (χ4n) is 2.58.